The van der Waals surface area contributed by atoms with Crippen molar-refractivity contribution in [3.63, 3.8) is 0 Å². The zero-order chi connectivity index (χ0) is 11.9. The van der Waals surface area contributed by atoms with Gasteiger partial charge in [0.1, 0.15) is 0 Å². The third-order valence-electron chi connectivity index (χ3n) is 2.89. The third kappa shape index (κ3) is 1.42. The van der Waals surface area contributed by atoms with Gasteiger partial charge in [-0.1, -0.05) is 6.92 Å². The molecule has 6 nitrogen and oxygen atoms in total. The quantitative estimate of drug-likeness (QED) is 0.594. The molecule has 0 aliphatic carbocycles. The van der Waals surface area contributed by atoms with Gasteiger partial charge in [0.2, 0.25) is 0 Å². The molecule has 0 radical (unpaired) electrons. The van der Waals surface area contributed by atoms with E-state index in [0.29, 0.717) is 11.1 Å². The van der Waals surface area contributed by atoms with Crippen LogP contribution in [0.1, 0.15) is 35.4 Å². The minimum atomic E-state index is -0.231. The molecule has 2 rings (SSSR count). The summed E-state index contributed by atoms with van der Waals surface area (Å²) in [4.78, 5) is 23.2. The summed E-state index contributed by atoms with van der Waals surface area (Å²) < 4.78 is 0. The second-order valence-corrected chi connectivity index (χ2v) is 3.96. The minimum absolute atomic E-state index is 0.176. The van der Waals surface area contributed by atoms with Crippen LogP contribution in [-0.2, 0) is 0 Å². The van der Waals surface area contributed by atoms with Gasteiger partial charge in [0.05, 0.1) is 0 Å². The summed E-state index contributed by atoms with van der Waals surface area (Å²) in [6.07, 6.45) is 0. The molecule has 0 spiro atoms. The lowest BCUT2D eigenvalue weighted by Crippen LogP contribution is -2.16. The van der Waals surface area contributed by atoms with Gasteiger partial charge in [-0.3, -0.25) is 19.8 Å². The summed E-state index contributed by atoms with van der Waals surface area (Å²) in [6.45, 7) is 5.46. The van der Waals surface area contributed by atoms with Gasteiger partial charge in [-0.25, -0.2) is 0 Å². The van der Waals surface area contributed by atoms with E-state index in [0.717, 1.165) is 11.4 Å². The largest absolute Gasteiger partial charge is 0.302 e. The van der Waals surface area contributed by atoms with Crippen LogP contribution >= 0.6 is 0 Å². The third-order valence-corrected chi connectivity index (χ3v) is 2.89. The predicted molar refractivity (Wildman–Crippen MR) is 59.8 cm³/mol. The highest BCUT2D eigenvalue weighted by Gasteiger charge is 2.21. The topological polar surface area (TPSA) is 97.3 Å². The van der Waals surface area contributed by atoms with Gasteiger partial charge in [0.15, 0.2) is 0 Å². The Morgan fingerprint density at radius 1 is 0.812 bits per heavy atom. The van der Waals surface area contributed by atoms with Gasteiger partial charge in [-0.15, -0.1) is 0 Å². The van der Waals surface area contributed by atoms with Gasteiger partial charge < -0.3 is 10.2 Å². The zero-order valence-corrected chi connectivity index (χ0v) is 9.39. The number of hydrogen-bond acceptors (Lipinski definition) is 2. The first-order valence-corrected chi connectivity index (χ1v) is 5.06. The molecule has 0 aromatic carbocycles. The van der Waals surface area contributed by atoms with Crippen LogP contribution in [0.3, 0.4) is 0 Å². The van der Waals surface area contributed by atoms with Crippen molar-refractivity contribution in [1.82, 2.24) is 20.4 Å². The number of aromatic amines is 4. The molecule has 0 fully saturated rings. The van der Waals surface area contributed by atoms with Crippen molar-refractivity contribution < 1.29 is 0 Å². The standard InChI is InChI=1S/C10H14N4O2/c1-4(7-5(2)11-13-9(7)15)8-6(3)12-14-10(8)16/h4H,1-3H3,(H2,11,13,15)(H2,12,14,16). The molecule has 2 aromatic heterocycles. The zero-order valence-electron chi connectivity index (χ0n) is 9.39. The molecule has 0 saturated carbocycles. The molecule has 4 N–H and O–H groups in total. The average molecular weight is 222 g/mol. The number of aromatic nitrogens is 4. The maximum absolute atomic E-state index is 11.6. The molecule has 0 amide bonds. The van der Waals surface area contributed by atoms with Gasteiger partial charge >= 0.3 is 0 Å². The van der Waals surface area contributed by atoms with Gasteiger partial charge in [-0.05, 0) is 13.8 Å². The van der Waals surface area contributed by atoms with Crippen molar-refractivity contribution >= 4 is 0 Å². The summed E-state index contributed by atoms with van der Waals surface area (Å²) in [5.74, 6) is -0.231. The van der Waals surface area contributed by atoms with E-state index in [1.54, 1.807) is 13.8 Å². The molecule has 6 heteroatoms. The van der Waals surface area contributed by atoms with E-state index in [1.165, 1.54) is 0 Å². The summed E-state index contributed by atoms with van der Waals surface area (Å²) >= 11 is 0. The number of rotatable bonds is 2. The van der Waals surface area contributed by atoms with Gasteiger partial charge in [0, 0.05) is 28.4 Å². The molecular formula is C10H14N4O2. The molecule has 0 bridgehead atoms. The first kappa shape index (κ1) is 10.5. The van der Waals surface area contributed by atoms with E-state index in [4.69, 9.17) is 0 Å². The van der Waals surface area contributed by atoms with E-state index in [-0.39, 0.29) is 17.0 Å². The van der Waals surface area contributed by atoms with Crippen LogP contribution in [0.15, 0.2) is 9.59 Å². The highest BCUT2D eigenvalue weighted by Crippen LogP contribution is 2.21. The molecule has 16 heavy (non-hydrogen) atoms. The first-order chi connectivity index (χ1) is 7.52. The SMILES string of the molecule is Cc1[nH][nH]c(=O)c1C(C)c1c(C)[nH][nH]c1=O. The second kappa shape index (κ2) is 3.55. The number of hydrogen-bond donors (Lipinski definition) is 4. The Morgan fingerprint density at radius 2 is 1.19 bits per heavy atom. The lowest BCUT2D eigenvalue weighted by atomic mass is 9.94. The maximum atomic E-state index is 11.6. The van der Waals surface area contributed by atoms with Crippen LogP contribution in [0.25, 0.3) is 0 Å². The summed E-state index contributed by atoms with van der Waals surface area (Å²) in [5.41, 5.74) is 2.38. The Bertz CT molecular complexity index is 559. The molecule has 0 unspecified atom stereocenters. The second-order valence-electron chi connectivity index (χ2n) is 3.96. The minimum Gasteiger partial charge on any atom is -0.302 e. The Hall–Kier alpha value is -1.98. The molecule has 2 aromatic rings. The summed E-state index contributed by atoms with van der Waals surface area (Å²) in [7, 11) is 0. The number of H-pyrrole nitrogens is 4. The fourth-order valence-electron chi connectivity index (χ4n) is 2.10. The number of nitrogens with one attached hydrogen (secondary N) is 4. The Kier molecular flexibility index (Phi) is 2.34. The van der Waals surface area contributed by atoms with Crippen LogP contribution in [0.2, 0.25) is 0 Å². The van der Waals surface area contributed by atoms with Crippen molar-refractivity contribution in [3.05, 3.63) is 43.2 Å². The highest BCUT2D eigenvalue weighted by atomic mass is 16.1. The maximum Gasteiger partial charge on any atom is 0.267 e. The van der Waals surface area contributed by atoms with Gasteiger partial charge in [0.25, 0.3) is 11.1 Å². The van der Waals surface area contributed by atoms with E-state index >= 15 is 0 Å². The lowest BCUT2D eigenvalue weighted by Gasteiger charge is -2.07. The number of aryl methyl sites for hydroxylation is 2. The highest BCUT2D eigenvalue weighted by molar-refractivity contribution is 5.33. The average Bonchev–Trinajstić information content (AvgIpc) is 2.71. The monoisotopic (exact) mass is 222 g/mol. The molecule has 0 saturated heterocycles. The van der Waals surface area contributed by atoms with Crippen molar-refractivity contribution in [1.29, 1.82) is 0 Å². The van der Waals surface area contributed by atoms with E-state index in [2.05, 4.69) is 20.4 Å². The van der Waals surface area contributed by atoms with Crippen molar-refractivity contribution in [3.8, 4) is 0 Å². The molecule has 86 valence electrons. The Labute approximate surface area is 91.1 Å². The van der Waals surface area contributed by atoms with Crippen molar-refractivity contribution in [2.75, 3.05) is 0 Å². The fourth-order valence-corrected chi connectivity index (χ4v) is 2.10. The van der Waals surface area contributed by atoms with Crippen LogP contribution in [-0.4, -0.2) is 20.4 Å². The van der Waals surface area contributed by atoms with Crippen LogP contribution in [0, 0.1) is 13.8 Å². The molecular weight excluding hydrogens is 208 g/mol. The predicted octanol–water partition coefficient (Wildman–Crippen LogP) is 0.488. The first-order valence-electron chi connectivity index (χ1n) is 5.06. The van der Waals surface area contributed by atoms with E-state index < -0.39 is 0 Å². The molecule has 0 aliphatic heterocycles. The molecule has 0 atom stereocenters. The summed E-state index contributed by atoms with van der Waals surface area (Å²) in [5, 5.41) is 10.5. The Balaban J connectivity index is 2.60. The van der Waals surface area contributed by atoms with Crippen LogP contribution < -0.4 is 11.1 Å². The molecule has 0 aliphatic rings. The normalized spacial score (nSPS) is 11.2. The fraction of sp³-hybridized carbons (Fsp3) is 0.400. The van der Waals surface area contributed by atoms with Crippen molar-refractivity contribution in [2.24, 2.45) is 0 Å². The Morgan fingerprint density at radius 3 is 1.44 bits per heavy atom. The van der Waals surface area contributed by atoms with Crippen LogP contribution in [0.5, 0.6) is 0 Å². The summed E-state index contributed by atoms with van der Waals surface area (Å²) in [6, 6.07) is 0. The molecule has 2 heterocycles. The van der Waals surface area contributed by atoms with Gasteiger partial charge in [-0.2, -0.15) is 0 Å². The van der Waals surface area contributed by atoms with Crippen LogP contribution in [0.4, 0.5) is 0 Å². The van der Waals surface area contributed by atoms with E-state index in [9.17, 15) is 9.59 Å². The smallest absolute Gasteiger partial charge is 0.267 e. The lowest BCUT2D eigenvalue weighted by molar-refractivity contribution is 0.882. The van der Waals surface area contributed by atoms with Crippen molar-refractivity contribution in [2.45, 2.75) is 26.7 Å². The van der Waals surface area contributed by atoms with E-state index in [1.807, 2.05) is 6.92 Å².